The molecule has 212 valence electrons. The van der Waals surface area contributed by atoms with Gasteiger partial charge in [0.25, 0.3) is 5.56 Å². The van der Waals surface area contributed by atoms with Crippen LogP contribution >= 0.6 is 11.6 Å². The summed E-state index contributed by atoms with van der Waals surface area (Å²) in [5, 5.41) is 14.2. The van der Waals surface area contributed by atoms with Crippen LogP contribution < -0.4 is 15.6 Å². The summed E-state index contributed by atoms with van der Waals surface area (Å²) in [6.45, 7) is 2.58. The largest absolute Gasteiger partial charge is 0.484 e. The third-order valence-corrected chi connectivity index (χ3v) is 7.59. The molecule has 2 fully saturated rings. The molecule has 0 bridgehead atoms. The highest BCUT2D eigenvalue weighted by molar-refractivity contribution is 6.32. The molecule has 3 aromatic carbocycles. The first-order chi connectivity index (χ1) is 19.9. The number of aliphatic hydroxyl groups is 1. The van der Waals surface area contributed by atoms with Gasteiger partial charge in [0.15, 0.2) is 6.10 Å². The molecule has 2 saturated heterocycles. The van der Waals surface area contributed by atoms with Crippen LogP contribution in [-0.2, 0) is 20.8 Å². The van der Waals surface area contributed by atoms with Crippen LogP contribution in [0.3, 0.4) is 0 Å². The third kappa shape index (κ3) is 5.29. The van der Waals surface area contributed by atoms with Crippen LogP contribution in [-0.4, -0.2) is 59.9 Å². The summed E-state index contributed by atoms with van der Waals surface area (Å²) in [7, 11) is 0. The first kappa shape index (κ1) is 27.3. The van der Waals surface area contributed by atoms with Crippen molar-refractivity contribution < 1.29 is 28.8 Å². The highest BCUT2D eigenvalue weighted by Gasteiger charge is 2.48. The quantitative estimate of drug-likeness (QED) is 0.295. The standard InChI is InChI=1S/C31H29ClN2O7/c1-2-38-31(37)26-27(20-10-6-7-11-22(20)34(30(26)36)15-18-8-4-3-5-9-18)33-19-12-13-24(21(32)14-19)41-25-17-40-28-23(35)16-39-29(25)28/h3-14,23,25,28-29,33,35H,2,15-17H2,1H3/t23-,25?,28+,29+/m0/s1. The molecule has 9 nitrogen and oxygen atoms in total. The summed E-state index contributed by atoms with van der Waals surface area (Å²) in [5.41, 5.74) is 1.91. The molecule has 0 aliphatic carbocycles. The molecular formula is C31H29ClN2O7. The molecule has 1 unspecified atom stereocenters. The summed E-state index contributed by atoms with van der Waals surface area (Å²) in [6, 6.07) is 22.1. The monoisotopic (exact) mass is 576 g/mol. The van der Waals surface area contributed by atoms with Gasteiger partial charge in [0.2, 0.25) is 0 Å². The number of anilines is 2. The van der Waals surface area contributed by atoms with E-state index in [9.17, 15) is 14.7 Å². The van der Waals surface area contributed by atoms with Crippen molar-refractivity contribution in [2.75, 3.05) is 25.1 Å². The molecule has 4 atom stereocenters. The van der Waals surface area contributed by atoms with Crippen LogP contribution in [0.15, 0.2) is 77.6 Å². The van der Waals surface area contributed by atoms with Gasteiger partial charge in [-0.3, -0.25) is 4.79 Å². The molecule has 6 rings (SSSR count). The van der Waals surface area contributed by atoms with E-state index in [0.29, 0.717) is 33.0 Å². The second kappa shape index (κ2) is 11.5. The number of benzene rings is 3. The number of hydrogen-bond acceptors (Lipinski definition) is 8. The van der Waals surface area contributed by atoms with E-state index < -0.39 is 29.8 Å². The number of ether oxygens (including phenoxy) is 4. The predicted octanol–water partition coefficient (Wildman–Crippen LogP) is 4.53. The molecule has 0 amide bonds. The maximum Gasteiger partial charge on any atom is 0.345 e. The molecule has 2 N–H and O–H groups in total. The minimum atomic E-state index is -0.715. The lowest BCUT2D eigenvalue weighted by Gasteiger charge is -2.20. The number of nitrogens with zero attached hydrogens (tertiary/aromatic N) is 1. The number of nitrogens with one attached hydrogen (secondary N) is 1. The van der Waals surface area contributed by atoms with E-state index in [-0.39, 0.29) is 38.0 Å². The fraction of sp³-hybridized carbons (Fsp3) is 0.290. The summed E-state index contributed by atoms with van der Waals surface area (Å²) in [5.74, 6) is -0.293. The van der Waals surface area contributed by atoms with Gasteiger partial charge in [0.1, 0.15) is 29.6 Å². The van der Waals surface area contributed by atoms with E-state index in [0.717, 1.165) is 5.56 Å². The Labute approximate surface area is 241 Å². The minimum Gasteiger partial charge on any atom is -0.484 e. The maximum absolute atomic E-state index is 13.9. The zero-order valence-corrected chi connectivity index (χ0v) is 23.0. The number of hydrogen-bond donors (Lipinski definition) is 2. The van der Waals surface area contributed by atoms with Crippen LogP contribution in [0.5, 0.6) is 5.75 Å². The Morgan fingerprint density at radius 1 is 1.05 bits per heavy atom. The molecule has 0 saturated carbocycles. The molecule has 0 radical (unpaired) electrons. The predicted molar refractivity (Wildman–Crippen MR) is 154 cm³/mol. The van der Waals surface area contributed by atoms with Crippen molar-refractivity contribution in [1.82, 2.24) is 4.57 Å². The Bertz CT molecular complexity index is 1640. The van der Waals surface area contributed by atoms with E-state index >= 15 is 0 Å². The van der Waals surface area contributed by atoms with E-state index in [1.165, 1.54) is 0 Å². The molecule has 10 heteroatoms. The van der Waals surface area contributed by atoms with Gasteiger partial charge >= 0.3 is 5.97 Å². The second-order valence-corrected chi connectivity index (χ2v) is 10.4. The number of aromatic nitrogens is 1. The van der Waals surface area contributed by atoms with E-state index in [2.05, 4.69) is 5.32 Å². The number of aliphatic hydroxyl groups excluding tert-OH is 1. The Balaban J connectivity index is 1.36. The summed E-state index contributed by atoms with van der Waals surface area (Å²) >= 11 is 6.61. The van der Waals surface area contributed by atoms with E-state index in [1.54, 1.807) is 29.7 Å². The van der Waals surface area contributed by atoms with Crippen LogP contribution in [0, 0.1) is 0 Å². The average molecular weight is 577 g/mol. The van der Waals surface area contributed by atoms with Crippen molar-refractivity contribution in [1.29, 1.82) is 0 Å². The second-order valence-electron chi connectivity index (χ2n) is 9.95. The smallest absolute Gasteiger partial charge is 0.345 e. The lowest BCUT2D eigenvalue weighted by Crippen LogP contribution is -2.34. The Morgan fingerprint density at radius 3 is 2.59 bits per heavy atom. The number of carbonyl (C=O) groups excluding carboxylic acids is 1. The van der Waals surface area contributed by atoms with Gasteiger partial charge in [-0.1, -0.05) is 60.1 Å². The number of carbonyl (C=O) groups is 1. The zero-order valence-electron chi connectivity index (χ0n) is 22.3. The minimum absolute atomic E-state index is 0.0935. The third-order valence-electron chi connectivity index (χ3n) is 7.30. The number of rotatable bonds is 8. The topological polar surface area (TPSA) is 108 Å². The van der Waals surface area contributed by atoms with Crippen molar-refractivity contribution in [3.8, 4) is 5.75 Å². The van der Waals surface area contributed by atoms with Crippen molar-refractivity contribution in [3.05, 3.63) is 99.3 Å². The number of halogens is 1. The van der Waals surface area contributed by atoms with Gasteiger partial charge in [0.05, 0.1) is 42.6 Å². The molecule has 2 aliphatic rings. The van der Waals surface area contributed by atoms with E-state index in [1.807, 2.05) is 54.6 Å². The van der Waals surface area contributed by atoms with Gasteiger partial charge in [0, 0.05) is 11.1 Å². The Hall–Kier alpha value is -3.89. The van der Waals surface area contributed by atoms with Crippen molar-refractivity contribution in [3.63, 3.8) is 0 Å². The summed E-state index contributed by atoms with van der Waals surface area (Å²) in [6.07, 6.45) is -1.88. The molecule has 0 spiro atoms. The van der Waals surface area contributed by atoms with Crippen molar-refractivity contribution in [2.45, 2.75) is 37.9 Å². The van der Waals surface area contributed by atoms with E-state index in [4.69, 9.17) is 30.5 Å². The van der Waals surface area contributed by atoms with Gasteiger partial charge < -0.3 is 33.9 Å². The van der Waals surface area contributed by atoms with Gasteiger partial charge in [-0.15, -0.1) is 0 Å². The van der Waals surface area contributed by atoms with Crippen molar-refractivity contribution in [2.24, 2.45) is 0 Å². The highest BCUT2D eigenvalue weighted by Crippen LogP contribution is 2.36. The van der Waals surface area contributed by atoms with Crippen LogP contribution in [0.25, 0.3) is 10.9 Å². The normalized spacial score (nSPS) is 21.5. The SMILES string of the molecule is CCOC(=O)c1c(Nc2ccc(OC3CO[C@H]4[C@@H]3OC[C@@H]4O)c(Cl)c2)c2ccccc2n(Cc2ccccc2)c1=O. The van der Waals surface area contributed by atoms with Crippen LogP contribution in [0.2, 0.25) is 5.02 Å². The molecule has 2 aliphatic heterocycles. The molecule has 41 heavy (non-hydrogen) atoms. The maximum atomic E-state index is 13.9. The highest BCUT2D eigenvalue weighted by atomic mass is 35.5. The van der Waals surface area contributed by atoms with Gasteiger partial charge in [-0.05, 0) is 36.8 Å². The van der Waals surface area contributed by atoms with Gasteiger partial charge in [-0.25, -0.2) is 4.79 Å². The number of esters is 1. The number of fused-ring (bicyclic) bond motifs is 2. The summed E-state index contributed by atoms with van der Waals surface area (Å²) in [4.78, 5) is 27.1. The fourth-order valence-corrected chi connectivity index (χ4v) is 5.60. The van der Waals surface area contributed by atoms with Crippen LogP contribution in [0.1, 0.15) is 22.8 Å². The lowest BCUT2D eigenvalue weighted by atomic mass is 10.1. The molecule has 4 aromatic rings. The molecule has 3 heterocycles. The molecular weight excluding hydrogens is 548 g/mol. The first-order valence-corrected chi connectivity index (χ1v) is 13.8. The Kier molecular flexibility index (Phi) is 7.68. The number of para-hydroxylation sites is 1. The zero-order chi connectivity index (χ0) is 28.5. The average Bonchev–Trinajstić information content (AvgIpc) is 3.55. The first-order valence-electron chi connectivity index (χ1n) is 13.5. The fourth-order valence-electron chi connectivity index (χ4n) is 5.38. The van der Waals surface area contributed by atoms with Gasteiger partial charge in [-0.2, -0.15) is 0 Å². The summed E-state index contributed by atoms with van der Waals surface area (Å²) < 4.78 is 24.3. The van der Waals surface area contributed by atoms with Crippen molar-refractivity contribution >= 4 is 39.8 Å². The lowest BCUT2D eigenvalue weighted by molar-refractivity contribution is 0.00864. The molecule has 1 aromatic heterocycles. The number of pyridine rings is 1. The Morgan fingerprint density at radius 2 is 1.80 bits per heavy atom. The van der Waals surface area contributed by atoms with Crippen LogP contribution in [0.4, 0.5) is 11.4 Å².